The van der Waals surface area contributed by atoms with Crippen LogP contribution in [0.1, 0.15) is 48.4 Å². The lowest BCUT2D eigenvalue weighted by Gasteiger charge is -2.37. The van der Waals surface area contributed by atoms with Crippen molar-refractivity contribution in [2.45, 2.75) is 48.8 Å². The molecular formula is C37H39F3N2O2S. The van der Waals surface area contributed by atoms with Crippen LogP contribution in [0.4, 0.5) is 18.0 Å². The number of halogens is 3. The quantitative estimate of drug-likeness (QED) is 0.116. The number of amides is 2. The second kappa shape index (κ2) is 15.0. The maximum Gasteiger partial charge on any atom is 0.320 e. The SMILES string of the molecule is CCCCN(C)C(=O)N1C[C@H](SC(c2ccccc2)(c2ccccc2)c2ccccc2)C[C@H]1COCc1cc(F)c(F)cc1F. The number of hydrogen-bond donors (Lipinski definition) is 0. The number of likely N-dealkylation sites (tertiary alicyclic amines) is 1. The first-order valence-electron chi connectivity index (χ1n) is 15.4. The molecule has 45 heavy (non-hydrogen) atoms. The van der Waals surface area contributed by atoms with Crippen LogP contribution in [0.25, 0.3) is 0 Å². The van der Waals surface area contributed by atoms with Gasteiger partial charge in [0.25, 0.3) is 0 Å². The van der Waals surface area contributed by atoms with Crippen LogP contribution in [0.2, 0.25) is 0 Å². The van der Waals surface area contributed by atoms with Crippen LogP contribution in [0.15, 0.2) is 103 Å². The Balaban J connectivity index is 1.46. The predicted octanol–water partition coefficient (Wildman–Crippen LogP) is 8.64. The largest absolute Gasteiger partial charge is 0.375 e. The standard InChI is InChI=1S/C37H39F3N2O2S/c1-3-4-20-41(2)36(43)42-24-32(22-31(42)26-44-25-27-21-34(39)35(40)23-33(27)38)45-37(28-14-8-5-9-15-28,29-16-10-6-11-17-29)30-18-12-7-13-19-30/h5-19,21,23,31-32H,3-4,20,22,24-26H2,1-2H3/t31-,32+/m0/s1. The molecule has 1 fully saturated rings. The fraction of sp³-hybridized carbons (Fsp3) is 0.324. The summed E-state index contributed by atoms with van der Waals surface area (Å²) >= 11 is 1.83. The van der Waals surface area contributed by atoms with E-state index in [1.165, 1.54) is 0 Å². The van der Waals surface area contributed by atoms with Gasteiger partial charge in [0, 0.05) is 37.0 Å². The molecule has 0 N–H and O–H groups in total. The summed E-state index contributed by atoms with van der Waals surface area (Å²) in [7, 11) is 1.81. The van der Waals surface area contributed by atoms with E-state index in [1.807, 2.05) is 41.9 Å². The third-order valence-electron chi connectivity index (χ3n) is 8.34. The van der Waals surface area contributed by atoms with E-state index in [4.69, 9.17) is 4.74 Å². The molecule has 0 saturated carbocycles. The Hall–Kier alpha value is -3.75. The average Bonchev–Trinajstić information content (AvgIpc) is 3.47. The van der Waals surface area contributed by atoms with Crippen LogP contribution in [0.5, 0.6) is 0 Å². The molecule has 5 rings (SSSR count). The van der Waals surface area contributed by atoms with Crippen LogP contribution >= 0.6 is 11.8 Å². The Labute approximate surface area is 268 Å². The molecule has 0 spiro atoms. The summed E-state index contributed by atoms with van der Waals surface area (Å²) in [5.41, 5.74) is 3.35. The Morgan fingerprint density at radius 3 is 1.93 bits per heavy atom. The lowest BCUT2D eigenvalue weighted by atomic mass is 9.84. The molecule has 2 atom stereocenters. The van der Waals surface area contributed by atoms with E-state index in [1.54, 1.807) is 4.90 Å². The van der Waals surface area contributed by atoms with Gasteiger partial charge in [0.15, 0.2) is 11.6 Å². The van der Waals surface area contributed by atoms with Crippen LogP contribution < -0.4 is 0 Å². The fourth-order valence-corrected chi connectivity index (χ4v) is 7.88. The van der Waals surface area contributed by atoms with Crippen molar-refractivity contribution in [1.29, 1.82) is 0 Å². The van der Waals surface area contributed by atoms with Gasteiger partial charge in [0.1, 0.15) is 5.82 Å². The Morgan fingerprint density at radius 2 is 1.40 bits per heavy atom. The molecule has 2 amide bonds. The normalized spacial score (nSPS) is 16.6. The summed E-state index contributed by atoms with van der Waals surface area (Å²) in [4.78, 5) is 17.4. The number of carbonyl (C=O) groups is 1. The van der Waals surface area contributed by atoms with Gasteiger partial charge in [-0.3, -0.25) is 0 Å². The van der Waals surface area contributed by atoms with Crippen LogP contribution in [-0.4, -0.2) is 53.9 Å². The highest BCUT2D eigenvalue weighted by atomic mass is 32.2. The molecular weight excluding hydrogens is 593 g/mol. The minimum Gasteiger partial charge on any atom is -0.375 e. The Morgan fingerprint density at radius 1 is 0.867 bits per heavy atom. The molecule has 4 aromatic rings. The number of thioether (sulfide) groups is 1. The van der Waals surface area contributed by atoms with E-state index in [0.717, 1.165) is 35.6 Å². The summed E-state index contributed by atoms with van der Waals surface area (Å²) < 4.78 is 47.0. The second-order valence-electron chi connectivity index (χ2n) is 11.5. The van der Waals surface area contributed by atoms with E-state index < -0.39 is 22.2 Å². The molecule has 1 heterocycles. The molecule has 8 heteroatoms. The molecule has 0 radical (unpaired) electrons. The summed E-state index contributed by atoms with van der Waals surface area (Å²) in [6.07, 6.45) is 2.51. The van der Waals surface area contributed by atoms with Gasteiger partial charge in [-0.15, -0.1) is 11.8 Å². The van der Waals surface area contributed by atoms with Crippen molar-refractivity contribution in [1.82, 2.24) is 9.80 Å². The van der Waals surface area contributed by atoms with E-state index >= 15 is 0 Å². The summed E-state index contributed by atoms with van der Waals surface area (Å²) in [6.45, 7) is 3.14. The summed E-state index contributed by atoms with van der Waals surface area (Å²) in [6, 6.07) is 32.3. The minimum absolute atomic E-state index is 0.0303. The number of rotatable bonds is 12. The smallest absolute Gasteiger partial charge is 0.320 e. The predicted molar refractivity (Wildman–Crippen MR) is 175 cm³/mol. The lowest BCUT2D eigenvalue weighted by Crippen LogP contribution is -2.45. The van der Waals surface area contributed by atoms with Gasteiger partial charge >= 0.3 is 6.03 Å². The van der Waals surface area contributed by atoms with Gasteiger partial charge in [0.05, 0.1) is 24.0 Å². The van der Waals surface area contributed by atoms with Gasteiger partial charge in [-0.1, -0.05) is 104 Å². The van der Waals surface area contributed by atoms with Crippen LogP contribution in [0, 0.1) is 17.5 Å². The van der Waals surface area contributed by atoms with Crippen molar-refractivity contribution >= 4 is 17.8 Å². The van der Waals surface area contributed by atoms with Gasteiger partial charge in [-0.2, -0.15) is 0 Å². The van der Waals surface area contributed by atoms with Crippen molar-refractivity contribution in [2.75, 3.05) is 26.7 Å². The number of benzene rings is 4. The van der Waals surface area contributed by atoms with E-state index in [-0.39, 0.29) is 36.1 Å². The molecule has 0 bridgehead atoms. The van der Waals surface area contributed by atoms with Gasteiger partial charge in [-0.25, -0.2) is 18.0 Å². The average molecular weight is 633 g/mol. The van der Waals surface area contributed by atoms with E-state index in [0.29, 0.717) is 25.6 Å². The molecule has 4 nitrogen and oxygen atoms in total. The zero-order chi connectivity index (χ0) is 31.8. The molecule has 0 aromatic heterocycles. The zero-order valence-electron chi connectivity index (χ0n) is 25.7. The third kappa shape index (κ3) is 7.39. The van der Waals surface area contributed by atoms with Crippen LogP contribution in [0.3, 0.4) is 0 Å². The molecule has 0 aliphatic carbocycles. The first-order valence-corrected chi connectivity index (χ1v) is 16.3. The maximum atomic E-state index is 14.3. The molecule has 0 unspecified atom stereocenters. The summed E-state index contributed by atoms with van der Waals surface area (Å²) in [5.74, 6) is -3.22. The van der Waals surface area contributed by atoms with Crippen LogP contribution in [-0.2, 0) is 16.1 Å². The minimum atomic E-state index is -1.24. The first kappa shape index (κ1) is 32.6. The fourth-order valence-electron chi connectivity index (χ4n) is 6.01. The molecule has 4 aromatic carbocycles. The van der Waals surface area contributed by atoms with Gasteiger partial charge in [0.2, 0.25) is 0 Å². The number of hydrogen-bond acceptors (Lipinski definition) is 3. The molecule has 1 aliphatic rings. The summed E-state index contributed by atoms with van der Waals surface area (Å²) in [5, 5.41) is 0.0303. The monoisotopic (exact) mass is 632 g/mol. The third-order valence-corrected chi connectivity index (χ3v) is 10.1. The van der Waals surface area contributed by atoms with E-state index in [9.17, 15) is 18.0 Å². The highest BCUT2D eigenvalue weighted by Gasteiger charge is 2.44. The number of ether oxygens (including phenoxy) is 1. The number of urea groups is 1. The number of nitrogens with zero attached hydrogens (tertiary/aromatic N) is 2. The van der Waals surface area contributed by atoms with Gasteiger partial charge in [-0.05, 0) is 35.6 Å². The molecule has 236 valence electrons. The van der Waals surface area contributed by atoms with Crippen molar-refractivity contribution in [3.8, 4) is 0 Å². The van der Waals surface area contributed by atoms with E-state index in [2.05, 4.69) is 79.7 Å². The highest BCUT2D eigenvalue weighted by molar-refractivity contribution is 8.01. The maximum absolute atomic E-state index is 14.3. The van der Waals surface area contributed by atoms with Crippen molar-refractivity contribution in [2.24, 2.45) is 0 Å². The molecule has 1 saturated heterocycles. The number of carbonyl (C=O) groups excluding carboxylic acids is 1. The second-order valence-corrected chi connectivity index (χ2v) is 13.0. The lowest BCUT2D eigenvalue weighted by molar-refractivity contribution is 0.0677. The van der Waals surface area contributed by atoms with Crippen molar-refractivity contribution in [3.05, 3.63) is 143 Å². The molecule has 1 aliphatic heterocycles. The topological polar surface area (TPSA) is 32.8 Å². The van der Waals surface area contributed by atoms with Crippen molar-refractivity contribution in [3.63, 3.8) is 0 Å². The van der Waals surface area contributed by atoms with Crippen molar-refractivity contribution < 1.29 is 22.7 Å². The Bertz CT molecular complexity index is 1450. The first-order chi connectivity index (χ1) is 21.8. The van der Waals surface area contributed by atoms with Gasteiger partial charge < -0.3 is 14.5 Å². The Kier molecular flexibility index (Phi) is 10.9. The highest BCUT2D eigenvalue weighted by Crippen LogP contribution is 2.52. The zero-order valence-corrected chi connectivity index (χ0v) is 26.5. The number of unbranched alkanes of at least 4 members (excludes halogenated alkanes) is 1.